The fourth-order valence-electron chi connectivity index (χ4n) is 3.84. The molecule has 37 heavy (non-hydrogen) atoms. The van der Waals surface area contributed by atoms with Crippen molar-refractivity contribution in [3.05, 3.63) is 95.8 Å². The van der Waals surface area contributed by atoms with Gasteiger partial charge in [-0.1, -0.05) is 36.4 Å². The summed E-state index contributed by atoms with van der Waals surface area (Å²) in [7, 11) is -1.18. The number of benzene rings is 2. The summed E-state index contributed by atoms with van der Waals surface area (Å²) in [4.78, 5) is 30.1. The molecule has 0 spiro atoms. The van der Waals surface area contributed by atoms with Crippen molar-refractivity contribution in [2.75, 3.05) is 20.8 Å². The number of carbonyl (C=O) groups is 2. The van der Waals surface area contributed by atoms with Crippen LogP contribution in [-0.4, -0.2) is 57.0 Å². The number of esters is 2. The minimum absolute atomic E-state index is 0.0625. The standard InChI is InChI=1S/C27H31N3O6S/c1-35-26(31)15-14-24(29-37(33,34)25-8-4-3-5-9-25)20-30(19-22-7-6-16-28-17-22)18-21-10-12-23(13-11-21)27(32)36-2/h3-13,16-17,24,29H,14-15,18-20H2,1-2H3/t24-/m0/s1. The minimum Gasteiger partial charge on any atom is -0.469 e. The predicted octanol–water partition coefficient (Wildman–Crippen LogP) is 3.17. The summed E-state index contributed by atoms with van der Waals surface area (Å²) >= 11 is 0. The zero-order valence-electron chi connectivity index (χ0n) is 20.9. The summed E-state index contributed by atoms with van der Waals surface area (Å²) in [5.41, 5.74) is 2.32. The van der Waals surface area contributed by atoms with Crippen molar-refractivity contribution in [3.63, 3.8) is 0 Å². The topological polar surface area (TPSA) is 115 Å². The molecule has 0 bridgehead atoms. The lowest BCUT2D eigenvalue weighted by Gasteiger charge is -2.28. The van der Waals surface area contributed by atoms with E-state index in [1.54, 1.807) is 42.7 Å². The van der Waals surface area contributed by atoms with Crippen molar-refractivity contribution in [1.29, 1.82) is 0 Å². The number of nitrogens with zero attached hydrogens (tertiary/aromatic N) is 2. The molecule has 0 aliphatic carbocycles. The third-order valence-electron chi connectivity index (χ3n) is 5.69. The SMILES string of the molecule is COC(=O)CC[C@@H](CN(Cc1ccc(C(=O)OC)cc1)Cc1cccnc1)NS(=O)(=O)c1ccccc1. The van der Waals surface area contributed by atoms with Gasteiger partial charge in [0.1, 0.15) is 0 Å². The predicted molar refractivity (Wildman–Crippen MR) is 138 cm³/mol. The fraction of sp³-hybridized carbons (Fsp3) is 0.296. The third-order valence-corrected chi connectivity index (χ3v) is 7.23. The first-order valence-electron chi connectivity index (χ1n) is 11.7. The van der Waals surface area contributed by atoms with E-state index in [0.29, 0.717) is 25.2 Å². The van der Waals surface area contributed by atoms with Gasteiger partial charge in [0.2, 0.25) is 10.0 Å². The van der Waals surface area contributed by atoms with Crippen LogP contribution in [0.2, 0.25) is 0 Å². The molecule has 196 valence electrons. The number of nitrogens with one attached hydrogen (secondary N) is 1. The molecular weight excluding hydrogens is 494 g/mol. The molecule has 1 heterocycles. The maximum absolute atomic E-state index is 13.1. The Morgan fingerprint density at radius 1 is 0.919 bits per heavy atom. The summed E-state index contributed by atoms with van der Waals surface area (Å²) in [6.45, 7) is 1.28. The van der Waals surface area contributed by atoms with Crippen molar-refractivity contribution < 1.29 is 27.5 Å². The second kappa shape index (κ2) is 13.6. The lowest BCUT2D eigenvalue weighted by Crippen LogP contribution is -2.43. The molecule has 3 rings (SSSR count). The highest BCUT2D eigenvalue weighted by Crippen LogP contribution is 2.16. The average Bonchev–Trinajstić information content (AvgIpc) is 2.92. The van der Waals surface area contributed by atoms with Crippen LogP contribution in [-0.2, 0) is 37.4 Å². The first kappa shape index (κ1) is 28.0. The van der Waals surface area contributed by atoms with E-state index in [9.17, 15) is 18.0 Å². The maximum Gasteiger partial charge on any atom is 0.337 e. The van der Waals surface area contributed by atoms with Gasteiger partial charge >= 0.3 is 11.9 Å². The van der Waals surface area contributed by atoms with Crippen molar-refractivity contribution in [1.82, 2.24) is 14.6 Å². The number of pyridine rings is 1. The molecule has 10 heteroatoms. The Hall–Kier alpha value is -3.60. The Kier molecular flexibility index (Phi) is 10.3. The number of rotatable bonds is 13. The van der Waals surface area contributed by atoms with Gasteiger partial charge in [-0.2, -0.15) is 0 Å². The van der Waals surface area contributed by atoms with Gasteiger partial charge in [-0.3, -0.25) is 14.7 Å². The zero-order chi connectivity index (χ0) is 26.7. The molecule has 0 aliphatic heterocycles. The second-order valence-corrected chi connectivity index (χ2v) is 10.2. The van der Waals surface area contributed by atoms with Gasteiger partial charge in [-0.05, 0) is 47.9 Å². The quantitative estimate of drug-likeness (QED) is 0.339. The van der Waals surface area contributed by atoms with Crippen LogP contribution < -0.4 is 4.72 Å². The molecule has 9 nitrogen and oxygen atoms in total. The molecular formula is C27H31N3O6S. The molecule has 0 unspecified atom stereocenters. The first-order chi connectivity index (χ1) is 17.8. The van der Waals surface area contributed by atoms with Crippen LogP contribution in [0.4, 0.5) is 0 Å². The first-order valence-corrected chi connectivity index (χ1v) is 13.2. The third kappa shape index (κ3) is 8.78. The van der Waals surface area contributed by atoms with Crippen LogP contribution in [0.25, 0.3) is 0 Å². The monoisotopic (exact) mass is 525 g/mol. The van der Waals surface area contributed by atoms with Gasteiger partial charge in [-0.15, -0.1) is 0 Å². The van der Waals surface area contributed by atoms with Crippen LogP contribution in [0, 0.1) is 0 Å². The number of carbonyl (C=O) groups excluding carboxylic acids is 2. The van der Waals surface area contributed by atoms with E-state index < -0.39 is 28.0 Å². The van der Waals surface area contributed by atoms with Crippen LogP contribution in [0.5, 0.6) is 0 Å². The number of aromatic nitrogens is 1. The molecule has 0 saturated carbocycles. The molecule has 0 saturated heterocycles. The Bertz CT molecular complexity index is 1250. The van der Waals surface area contributed by atoms with Gasteiger partial charge in [0, 0.05) is 44.5 Å². The van der Waals surface area contributed by atoms with Crippen LogP contribution in [0.3, 0.4) is 0 Å². The second-order valence-electron chi connectivity index (χ2n) is 8.47. The molecule has 0 fully saturated rings. The van der Waals surface area contributed by atoms with E-state index in [0.717, 1.165) is 11.1 Å². The van der Waals surface area contributed by atoms with E-state index in [1.807, 2.05) is 24.3 Å². The summed E-state index contributed by atoms with van der Waals surface area (Å²) in [6.07, 6.45) is 3.76. The highest BCUT2D eigenvalue weighted by atomic mass is 32.2. The van der Waals surface area contributed by atoms with Crippen LogP contribution in [0.15, 0.2) is 84.0 Å². The summed E-state index contributed by atoms with van der Waals surface area (Å²) < 4.78 is 38.5. The summed E-state index contributed by atoms with van der Waals surface area (Å²) in [5, 5.41) is 0. The molecule has 1 aromatic heterocycles. The van der Waals surface area contributed by atoms with Crippen molar-refractivity contribution >= 4 is 22.0 Å². The Labute approximate surface area is 217 Å². The van der Waals surface area contributed by atoms with Gasteiger partial charge in [0.05, 0.1) is 24.7 Å². The largest absolute Gasteiger partial charge is 0.469 e. The lowest BCUT2D eigenvalue weighted by molar-refractivity contribution is -0.140. The molecule has 1 N–H and O–H groups in total. The number of hydrogen-bond donors (Lipinski definition) is 1. The summed E-state index contributed by atoms with van der Waals surface area (Å²) in [6, 6.07) is 18.4. The highest BCUT2D eigenvalue weighted by Gasteiger charge is 2.23. The number of sulfonamides is 1. The number of hydrogen-bond acceptors (Lipinski definition) is 8. The smallest absolute Gasteiger partial charge is 0.337 e. The van der Waals surface area contributed by atoms with Crippen molar-refractivity contribution in [2.45, 2.75) is 36.9 Å². The zero-order valence-corrected chi connectivity index (χ0v) is 21.7. The van der Waals surface area contributed by atoms with Gasteiger partial charge < -0.3 is 9.47 Å². The minimum atomic E-state index is -3.82. The number of methoxy groups -OCH3 is 2. The average molecular weight is 526 g/mol. The van der Waals surface area contributed by atoms with Gasteiger partial charge in [-0.25, -0.2) is 17.9 Å². The van der Waals surface area contributed by atoms with E-state index in [-0.39, 0.29) is 17.7 Å². The van der Waals surface area contributed by atoms with E-state index in [2.05, 4.69) is 14.6 Å². The molecule has 3 aromatic rings. The lowest BCUT2D eigenvalue weighted by atomic mass is 10.1. The maximum atomic E-state index is 13.1. The molecule has 0 amide bonds. The van der Waals surface area contributed by atoms with Crippen LogP contribution in [0.1, 0.15) is 34.3 Å². The van der Waals surface area contributed by atoms with E-state index in [4.69, 9.17) is 9.47 Å². The number of ether oxygens (including phenoxy) is 2. The van der Waals surface area contributed by atoms with Crippen molar-refractivity contribution in [2.24, 2.45) is 0 Å². The van der Waals surface area contributed by atoms with E-state index in [1.165, 1.54) is 26.4 Å². The fourth-order valence-corrected chi connectivity index (χ4v) is 5.12. The Morgan fingerprint density at radius 3 is 2.24 bits per heavy atom. The van der Waals surface area contributed by atoms with Crippen molar-refractivity contribution in [3.8, 4) is 0 Å². The molecule has 2 aromatic carbocycles. The highest BCUT2D eigenvalue weighted by molar-refractivity contribution is 7.89. The van der Waals surface area contributed by atoms with Gasteiger partial charge in [0.25, 0.3) is 0 Å². The normalized spacial score (nSPS) is 12.2. The van der Waals surface area contributed by atoms with Crippen LogP contribution >= 0.6 is 0 Å². The van der Waals surface area contributed by atoms with Gasteiger partial charge in [0.15, 0.2) is 0 Å². The Balaban J connectivity index is 1.84. The molecule has 0 radical (unpaired) electrons. The van der Waals surface area contributed by atoms with E-state index >= 15 is 0 Å². The Morgan fingerprint density at radius 2 is 1.62 bits per heavy atom. The molecule has 0 aliphatic rings. The molecule has 1 atom stereocenters. The summed E-state index contributed by atoms with van der Waals surface area (Å²) in [5.74, 6) is -0.835.